The Kier molecular flexibility index (Phi) is 4.24. The molecule has 2 rings (SSSR count). The zero-order valence-corrected chi connectivity index (χ0v) is 10.7. The lowest BCUT2D eigenvalue weighted by Crippen LogP contribution is -2.01. The Labute approximate surface area is 107 Å². The second kappa shape index (κ2) is 5.89. The Hall–Kier alpha value is -1.25. The van der Waals surface area contributed by atoms with Gasteiger partial charge in [-0.25, -0.2) is 0 Å². The Morgan fingerprint density at radius 1 is 0.941 bits per heavy atom. The predicted octanol–water partition coefficient (Wildman–Crippen LogP) is 3.83. The summed E-state index contributed by atoms with van der Waals surface area (Å²) in [4.78, 5) is 1.20. The van der Waals surface area contributed by atoms with Crippen molar-refractivity contribution in [2.24, 2.45) is 0 Å². The Morgan fingerprint density at radius 3 is 2.12 bits per heavy atom. The van der Waals surface area contributed by atoms with Crippen LogP contribution >= 0.6 is 11.8 Å². The summed E-state index contributed by atoms with van der Waals surface area (Å²) in [5, 5.41) is 9.23. The van der Waals surface area contributed by atoms with Crippen LogP contribution in [0.15, 0.2) is 59.5 Å². The van der Waals surface area contributed by atoms with Crippen molar-refractivity contribution in [3.05, 3.63) is 54.6 Å². The average Bonchev–Trinajstić information content (AvgIpc) is 2.38. The van der Waals surface area contributed by atoms with Gasteiger partial charge in [-0.3, -0.25) is 0 Å². The van der Waals surface area contributed by atoms with E-state index in [1.165, 1.54) is 16.0 Å². The first kappa shape index (κ1) is 12.2. The Balaban J connectivity index is 2.08. The van der Waals surface area contributed by atoms with Gasteiger partial charge in [0.1, 0.15) is 0 Å². The molecule has 1 N–H and O–H groups in total. The molecule has 17 heavy (non-hydrogen) atoms. The first-order chi connectivity index (χ1) is 8.25. The number of hydrogen-bond donors (Lipinski definition) is 1. The number of hydrogen-bond acceptors (Lipinski definition) is 2. The van der Waals surface area contributed by atoms with Crippen LogP contribution < -0.4 is 0 Å². The Bertz CT molecular complexity index is 448. The van der Waals surface area contributed by atoms with Gasteiger partial charge < -0.3 is 5.11 Å². The van der Waals surface area contributed by atoms with Crippen molar-refractivity contribution in [2.45, 2.75) is 17.9 Å². The van der Waals surface area contributed by atoms with E-state index in [-0.39, 0.29) is 6.10 Å². The van der Waals surface area contributed by atoms with Crippen molar-refractivity contribution in [3.63, 3.8) is 0 Å². The molecule has 0 amide bonds. The second-order valence-corrected chi connectivity index (χ2v) is 5.14. The molecular formula is C15H16OS. The molecule has 1 nitrogen and oxygen atoms in total. The molecule has 2 aromatic carbocycles. The van der Waals surface area contributed by atoms with Gasteiger partial charge in [0.25, 0.3) is 0 Å². The molecule has 0 bridgehead atoms. The summed E-state index contributed by atoms with van der Waals surface area (Å²) >= 11 is 1.68. The first-order valence-corrected chi connectivity index (χ1v) is 6.70. The number of aliphatic hydroxyl groups excluding tert-OH is 1. The second-order valence-electron chi connectivity index (χ2n) is 4.05. The van der Waals surface area contributed by atoms with Crippen LogP contribution in [0.25, 0.3) is 11.1 Å². The maximum Gasteiger partial charge on any atom is 0.0606 e. The quantitative estimate of drug-likeness (QED) is 0.825. The minimum absolute atomic E-state index is 0.256. The number of benzene rings is 2. The monoisotopic (exact) mass is 244 g/mol. The van der Waals surface area contributed by atoms with Crippen molar-refractivity contribution in [3.8, 4) is 11.1 Å². The fourth-order valence-electron chi connectivity index (χ4n) is 1.59. The van der Waals surface area contributed by atoms with Crippen LogP contribution in [0, 0.1) is 0 Å². The lowest BCUT2D eigenvalue weighted by Gasteiger charge is -2.05. The molecule has 88 valence electrons. The molecule has 0 aromatic heterocycles. The maximum atomic E-state index is 9.23. The van der Waals surface area contributed by atoms with E-state index in [9.17, 15) is 5.11 Å². The first-order valence-electron chi connectivity index (χ1n) is 5.72. The van der Waals surface area contributed by atoms with E-state index in [0.29, 0.717) is 0 Å². The van der Waals surface area contributed by atoms with Gasteiger partial charge in [0, 0.05) is 10.6 Å². The summed E-state index contributed by atoms with van der Waals surface area (Å²) in [5.74, 6) is 0.741. The van der Waals surface area contributed by atoms with Gasteiger partial charge in [0.05, 0.1) is 6.10 Å². The summed E-state index contributed by atoms with van der Waals surface area (Å²) in [5.41, 5.74) is 2.46. The van der Waals surface area contributed by atoms with Gasteiger partial charge in [-0.2, -0.15) is 0 Å². The van der Waals surface area contributed by atoms with E-state index >= 15 is 0 Å². The lowest BCUT2D eigenvalue weighted by molar-refractivity contribution is 0.220. The molecule has 1 unspecified atom stereocenters. The van der Waals surface area contributed by atoms with Gasteiger partial charge in [-0.05, 0) is 30.2 Å². The van der Waals surface area contributed by atoms with Crippen LogP contribution in [0.5, 0.6) is 0 Å². The van der Waals surface area contributed by atoms with Crippen LogP contribution in [0.3, 0.4) is 0 Å². The van der Waals surface area contributed by atoms with Gasteiger partial charge in [-0.15, -0.1) is 11.8 Å². The molecule has 0 aliphatic carbocycles. The zero-order valence-electron chi connectivity index (χ0n) is 9.84. The third-order valence-corrected chi connectivity index (χ3v) is 3.71. The summed E-state index contributed by atoms with van der Waals surface area (Å²) in [6, 6.07) is 18.8. The highest BCUT2D eigenvalue weighted by atomic mass is 32.2. The topological polar surface area (TPSA) is 20.2 Å². The molecule has 0 aliphatic rings. The highest BCUT2D eigenvalue weighted by Gasteiger charge is 2.00. The molecule has 2 aromatic rings. The van der Waals surface area contributed by atoms with Crippen LogP contribution in [0.4, 0.5) is 0 Å². The molecule has 0 fully saturated rings. The van der Waals surface area contributed by atoms with E-state index in [2.05, 4.69) is 36.4 Å². The van der Waals surface area contributed by atoms with Crippen molar-refractivity contribution in [1.29, 1.82) is 0 Å². The van der Waals surface area contributed by atoms with Crippen LogP contribution in [0.1, 0.15) is 6.92 Å². The number of rotatable bonds is 4. The van der Waals surface area contributed by atoms with Crippen molar-refractivity contribution >= 4 is 11.8 Å². The molecule has 1 atom stereocenters. The van der Waals surface area contributed by atoms with Crippen LogP contribution in [-0.2, 0) is 0 Å². The summed E-state index contributed by atoms with van der Waals surface area (Å²) in [7, 11) is 0. The van der Waals surface area contributed by atoms with E-state index < -0.39 is 0 Å². The number of aliphatic hydroxyl groups is 1. The smallest absolute Gasteiger partial charge is 0.0606 e. The molecule has 0 heterocycles. The van der Waals surface area contributed by atoms with E-state index in [4.69, 9.17) is 0 Å². The minimum Gasteiger partial charge on any atom is -0.393 e. The van der Waals surface area contributed by atoms with Gasteiger partial charge in [0.2, 0.25) is 0 Å². The van der Waals surface area contributed by atoms with Crippen LogP contribution in [-0.4, -0.2) is 17.0 Å². The molecule has 0 spiro atoms. The maximum absolute atomic E-state index is 9.23. The highest BCUT2D eigenvalue weighted by Crippen LogP contribution is 2.24. The standard InChI is InChI=1S/C15H16OS/c1-12(16)11-17-15-9-7-14(8-10-15)13-5-3-2-4-6-13/h2-10,12,16H,11H2,1H3. The number of thioether (sulfide) groups is 1. The summed E-state index contributed by atoms with van der Waals surface area (Å²) in [6.07, 6.45) is -0.256. The fraction of sp³-hybridized carbons (Fsp3) is 0.200. The third-order valence-electron chi connectivity index (χ3n) is 2.45. The molecule has 0 saturated carbocycles. The normalized spacial score (nSPS) is 12.4. The third kappa shape index (κ3) is 3.62. The fourth-order valence-corrected chi connectivity index (χ4v) is 2.35. The van der Waals surface area contributed by atoms with E-state index in [1.54, 1.807) is 11.8 Å². The zero-order chi connectivity index (χ0) is 12.1. The van der Waals surface area contributed by atoms with Crippen molar-refractivity contribution < 1.29 is 5.11 Å². The van der Waals surface area contributed by atoms with Crippen molar-refractivity contribution in [2.75, 3.05) is 5.75 Å². The average molecular weight is 244 g/mol. The van der Waals surface area contributed by atoms with E-state index in [0.717, 1.165) is 5.75 Å². The van der Waals surface area contributed by atoms with Gasteiger partial charge in [-0.1, -0.05) is 42.5 Å². The molecule has 2 heteroatoms. The SMILES string of the molecule is CC(O)CSc1ccc(-c2ccccc2)cc1. The highest BCUT2D eigenvalue weighted by molar-refractivity contribution is 7.99. The molecule has 0 saturated heterocycles. The largest absolute Gasteiger partial charge is 0.393 e. The summed E-state index contributed by atoms with van der Waals surface area (Å²) < 4.78 is 0. The molecule has 0 aliphatic heterocycles. The lowest BCUT2D eigenvalue weighted by atomic mass is 10.1. The predicted molar refractivity (Wildman–Crippen MR) is 74.3 cm³/mol. The van der Waals surface area contributed by atoms with Gasteiger partial charge >= 0.3 is 0 Å². The minimum atomic E-state index is -0.256. The van der Waals surface area contributed by atoms with E-state index in [1.807, 2.05) is 25.1 Å². The Morgan fingerprint density at radius 2 is 1.53 bits per heavy atom. The van der Waals surface area contributed by atoms with Crippen LogP contribution in [0.2, 0.25) is 0 Å². The molecule has 0 radical (unpaired) electrons. The summed E-state index contributed by atoms with van der Waals surface area (Å²) in [6.45, 7) is 1.81. The molecular weight excluding hydrogens is 228 g/mol. The van der Waals surface area contributed by atoms with Gasteiger partial charge in [0.15, 0.2) is 0 Å². The van der Waals surface area contributed by atoms with Crippen molar-refractivity contribution in [1.82, 2.24) is 0 Å².